The molecule has 4 aromatic carbocycles. The van der Waals surface area contributed by atoms with Crippen LogP contribution in [-0.2, 0) is 6.42 Å². The van der Waals surface area contributed by atoms with Gasteiger partial charge in [-0.05, 0) is 59.2 Å². The molecule has 0 atom stereocenters. The van der Waals surface area contributed by atoms with Crippen molar-refractivity contribution in [2.75, 3.05) is 0 Å². The molecule has 0 fully saturated rings. The quantitative estimate of drug-likeness (QED) is 0.186. The molecule has 4 rings (SSSR count). The van der Waals surface area contributed by atoms with E-state index in [2.05, 4.69) is 11.7 Å². The molecule has 0 aromatic heterocycles. The van der Waals surface area contributed by atoms with E-state index in [1.807, 2.05) is 12.1 Å². The summed E-state index contributed by atoms with van der Waals surface area (Å²) in [6, 6.07) is 14.9. The number of benzene rings is 4. The highest BCUT2D eigenvalue weighted by atomic mass is 19.4. The van der Waals surface area contributed by atoms with Crippen molar-refractivity contribution in [3.05, 3.63) is 89.7 Å². The molecule has 0 amide bonds. The molecular formula is C28H22F6O. The molecule has 0 heterocycles. The second-order valence-electron chi connectivity index (χ2n) is 8.33. The van der Waals surface area contributed by atoms with E-state index >= 15 is 4.39 Å². The third-order valence-electron chi connectivity index (χ3n) is 5.82. The van der Waals surface area contributed by atoms with Crippen LogP contribution >= 0.6 is 0 Å². The van der Waals surface area contributed by atoms with E-state index in [-0.39, 0.29) is 16.7 Å². The number of ether oxygens (including phenoxy) is 1. The van der Waals surface area contributed by atoms with Gasteiger partial charge in [0.05, 0.1) is 5.56 Å². The zero-order valence-corrected chi connectivity index (χ0v) is 18.9. The minimum Gasteiger partial charge on any atom is -0.406 e. The molecule has 1 nitrogen and oxygen atoms in total. The summed E-state index contributed by atoms with van der Waals surface area (Å²) in [5.74, 6) is -3.02. The fourth-order valence-electron chi connectivity index (χ4n) is 4.13. The zero-order valence-electron chi connectivity index (χ0n) is 18.9. The molecule has 0 spiro atoms. The first kappa shape index (κ1) is 24.6. The largest absolute Gasteiger partial charge is 0.573 e. The number of halogens is 6. The van der Waals surface area contributed by atoms with Crippen molar-refractivity contribution in [1.29, 1.82) is 0 Å². The summed E-state index contributed by atoms with van der Waals surface area (Å²) in [7, 11) is 0. The van der Waals surface area contributed by atoms with Crippen LogP contribution in [-0.4, -0.2) is 6.36 Å². The highest BCUT2D eigenvalue weighted by Crippen LogP contribution is 2.35. The highest BCUT2D eigenvalue weighted by Gasteiger charge is 2.31. The van der Waals surface area contributed by atoms with Gasteiger partial charge in [0, 0.05) is 10.9 Å². The first-order valence-electron chi connectivity index (χ1n) is 11.2. The van der Waals surface area contributed by atoms with Gasteiger partial charge in [0.1, 0.15) is 23.2 Å². The van der Waals surface area contributed by atoms with Gasteiger partial charge >= 0.3 is 6.36 Å². The van der Waals surface area contributed by atoms with Crippen LogP contribution in [0.5, 0.6) is 5.75 Å². The Morgan fingerprint density at radius 2 is 1.43 bits per heavy atom. The summed E-state index contributed by atoms with van der Waals surface area (Å²) in [6.07, 6.45) is -0.709. The van der Waals surface area contributed by atoms with Crippen LogP contribution in [0, 0.1) is 17.5 Å². The molecule has 0 N–H and O–H groups in total. The molecule has 7 heteroatoms. The maximum atomic E-state index is 15.3. The molecule has 0 aliphatic rings. The summed E-state index contributed by atoms with van der Waals surface area (Å²) >= 11 is 0. The van der Waals surface area contributed by atoms with Gasteiger partial charge in [0.25, 0.3) is 0 Å². The minimum absolute atomic E-state index is 0.0206. The van der Waals surface area contributed by atoms with Crippen LogP contribution < -0.4 is 4.74 Å². The maximum Gasteiger partial charge on any atom is 0.573 e. The lowest BCUT2D eigenvalue weighted by Crippen LogP contribution is -2.16. The van der Waals surface area contributed by atoms with Crippen molar-refractivity contribution in [3.63, 3.8) is 0 Å². The summed E-state index contributed by atoms with van der Waals surface area (Å²) < 4.78 is 86.0. The summed E-state index contributed by atoms with van der Waals surface area (Å²) in [4.78, 5) is 0. The number of rotatable bonds is 7. The van der Waals surface area contributed by atoms with Crippen molar-refractivity contribution in [1.82, 2.24) is 0 Å². The predicted octanol–water partition coefficient (Wildman–Crippen LogP) is 9.22. The molecule has 4 aromatic rings. The van der Waals surface area contributed by atoms with Crippen LogP contribution in [0.1, 0.15) is 31.7 Å². The topological polar surface area (TPSA) is 9.23 Å². The molecule has 0 unspecified atom stereocenters. The third kappa shape index (κ3) is 5.61. The minimum atomic E-state index is -4.87. The molecule has 0 radical (unpaired) electrons. The van der Waals surface area contributed by atoms with Gasteiger partial charge < -0.3 is 4.74 Å². The second-order valence-corrected chi connectivity index (χ2v) is 8.33. The molecule has 182 valence electrons. The van der Waals surface area contributed by atoms with Crippen LogP contribution in [0.25, 0.3) is 33.0 Å². The Bertz CT molecular complexity index is 1320. The number of hydrogen-bond donors (Lipinski definition) is 0. The van der Waals surface area contributed by atoms with E-state index in [9.17, 15) is 22.0 Å². The Kier molecular flexibility index (Phi) is 7.05. The van der Waals surface area contributed by atoms with E-state index in [1.54, 1.807) is 12.1 Å². The lowest BCUT2D eigenvalue weighted by molar-refractivity contribution is -0.274. The summed E-state index contributed by atoms with van der Waals surface area (Å²) in [5.41, 5.74) is 0.772. The Morgan fingerprint density at radius 1 is 0.743 bits per heavy atom. The van der Waals surface area contributed by atoms with Crippen LogP contribution in [0.2, 0.25) is 0 Å². The van der Waals surface area contributed by atoms with E-state index in [0.717, 1.165) is 67.6 Å². The Labute approximate surface area is 199 Å². The van der Waals surface area contributed by atoms with Crippen LogP contribution in [0.4, 0.5) is 26.3 Å². The lowest BCUT2D eigenvalue weighted by atomic mass is 9.95. The highest BCUT2D eigenvalue weighted by molar-refractivity contribution is 5.89. The molecule has 35 heavy (non-hydrogen) atoms. The third-order valence-corrected chi connectivity index (χ3v) is 5.82. The fourth-order valence-corrected chi connectivity index (χ4v) is 4.13. The average molecular weight is 488 g/mol. The molecule has 0 saturated carbocycles. The fraction of sp³-hybridized carbons (Fsp3) is 0.214. The van der Waals surface area contributed by atoms with Crippen molar-refractivity contribution in [3.8, 4) is 28.0 Å². The lowest BCUT2D eigenvalue weighted by Gasteiger charge is -2.12. The average Bonchev–Trinajstić information content (AvgIpc) is 2.79. The molecule has 0 aliphatic carbocycles. The van der Waals surface area contributed by atoms with Crippen LogP contribution in [0.3, 0.4) is 0 Å². The SMILES string of the molecule is CCCCCc1ccc2c(F)c(-c3cc(F)c(-c4ccc(OC(F)(F)F)cc4)c(F)c3)ccc2c1. The van der Waals surface area contributed by atoms with Gasteiger partial charge in [0.2, 0.25) is 0 Å². The number of aryl methyl sites for hydroxylation is 1. The van der Waals surface area contributed by atoms with Gasteiger partial charge in [-0.1, -0.05) is 62.2 Å². The Morgan fingerprint density at radius 3 is 2.06 bits per heavy atom. The van der Waals surface area contributed by atoms with Gasteiger partial charge in [0.15, 0.2) is 0 Å². The molecular weight excluding hydrogens is 466 g/mol. The number of fused-ring (bicyclic) bond motifs is 1. The maximum absolute atomic E-state index is 15.3. The second kappa shape index (κ2) is 10.0. The molecule has 0 aliphatic heterocycles. The predicted molar refractivity (Wildman–Crippen MR) is 125 cm³/mol. The smallest absolute Gasteiger partial charge is 0.406 e. The molecule has 0 bridgehead atoms. The van der Waals surface area contributed by atoms with E-state index < -0.39 is 35.1 Å². The first-order chi connectivity index (χ1) is 16.7. The number of unbranched alkanes of at least 4 members (excludes halogenated alkanes) is 2. The molecule has 0 saturated heterocycles. The van der Waals surface area contributed by atoms with Gasteiger partial charge in [-0.2, -0.15) is 0 Å². The summed E-state index contributed by atoms with van der Waals surface area (Å²) in [6.45, 7) is 2.12. The zero-order chi connectivity index (χ0) is 25.2. The van der Waals surface area contributed by atoms with Crippen molar-refractivity contribution >= 4 is 10.8 Å². The number of hydrogen-bond acceptors (Lipinski definition) is 1. The monoisotopic (exact) mass is 488 g/mol. The van der Waals surface area contributed by atoms with E-state index in [0.29, 0.717) is 10.8 Å². The Hall–Kier alpha value is -3.48. The van der Waals surface area contributed by atoms with Crippen molar-refractivity contribution < 1.29 is 31.1 Å². The summed E-state index contributed by atoms with van der Waals surface area (Å²) in [5, 5.41) is 1.06. The normalized spacial score (nSPS) is 11.7. The van der Waals surface area contributed by atoms with Crippen molar-refractivity contribution in [2.45, 2.75) is 39.0 Å². The van der Waals surface area contributed by atoms with Crippen LogP contribution in [0.15, 0.2) is 66.7 Å². The van der Waals surface area contributed by atoms with Gasteiger partial charge in [-0.25, -0.2) is 13.2 Å². The standard InChI is InChI=1S/C28H22F6O/c1-2-3-4-5-17-6-12-22-19(14-17)9-13-23(27(22)31)20-15-24(29)26(25(30)16-20)18-7-10-21(11-8-18)35-28(32,33)34/h6-16H,2-5H2,1H3. The van der Waals surface area contributed by atoms with E-state index in [1.165, 1.54) is 6.07 Å². The van der Waals surface area contributed by atoms with Gasteiger partial charge in [-0.3, -0.25) is 0 Å². The number of alkyl halides is 3. The van der Waals surface area contributed by atoms with Crippen molar-refractivity contribution in [2.24, 2.45) is 0 Å². The first-order valence-corrected chi connectivity index (χ1v) is 11.2. The Balaban J connectivity index is 1.65. The van der Waals surface area contributed by atoms with E-state index in [4.69, 9.17) is 0 Å². The van der Waals surface area contributed by atoms with Gasteiger partial charge in [-0.15, -0.1) is 13.2 Å².